The topological polar surface area (TPSA) is 102 Å². The summed E-state index contributed by atoms with van der Waals surface area (Å²) in [6, 6.07) is 8.21. The Morgan fingerprint density at radius 2 is 1.88 bits per heavy atom. The first-order chi connectivity index (χ1) is 16.0. The van der Waals surface area contributed by atoms with Gasteiger partial charge in [-0.15, -0.1) is 0 Å². The van der Waals surface area contributed by atoms with Gasteiger partial charge in [0.2, 0.25) is 5.82 Å². The summed E-state index contributed by atoms with van der Waals surface area (Å²) in [6.45, 7) is 4.44. The lowest BCUT2D eigenvalue weighted by molar-refractivity contribution is 0.0429. The highest BCUT2D eigenvalue weighted by molar-refractivity contribution is 6.32. The summed E-state index contributed by atoms with van der Waals surface area (Å²) in [5.41, 5.74) is 0.819. The van der Waals surface area contributed by atoms with Gasteiger partial charge in [0.1, 0.15) is 11.5 Å². The van der Waals surface area contributed by atoms with Crippen LogP contribution in [0.1, 0.15) is 36.5 Å². The van der Waals surface area contributed by atoms with Gasteiger partial charge in [-0.05, 0) is 37.6 Å². The zero-order valence-corrected chi connectivity index (χ0v) is 19.6. The van der Waals surface area contributed by atoms with Crippen LogP contribution in [0.15, 0.2) is 34.9 Å². The largest absolute Gasteiger partial charge is 0.497 e. The lowest BCUT2D eigenvalue weighted by Gasteiger charge is -2.14. The number of carbonyl (C=O) groups is 1. The van der Waals surface area contributed by atoms with E-state index in [0.29, 0.717) is 47.6 Å². The predicted octanol–water partition coefficient (Wildman–Crippen LogP) is 4.95. The maximum atomic E-state index is 12.6. The van der Waals surface area contributed by atoms with E-state index in [9.17, 15) is 4.79 Å². The van der Waals surface area contributed by atoms with Crippen molar-refractivity contribution in [2.45, 2.75) is 26.9 Å². The lowest BCUT2D eigenvalue weighted by atomic mass is 10.2. The Morgan fingerprint density at radius 3 is 2.58 bits per heavy atom. The van der Waals surface area contributed by atoms with E-state index in [1.54, 1.807) is 25.3 Å². The van der Waals surface area contributed by atoms with Gasteiger partial charge in [-0.3, -0.25) is 0 Å². The second-order valence-electron chi connectivity index (χ2n) is 6.72. The number of rotatable bonds is 11. The molecule has 1 aromatic heterocycles. The van der Waals surface area contributed by atoms with Crippen molar-refractivity contribution >= 4 is 17.6 Å². The average molecular weight is 477 g/mol. The molecule has 3 aromatic rings. The Kier molecular flexibility index (Phi) is 8.37. The van der Waals surface area contributed by atoms with E-state index in [0.717, 1.165) is 6.42 Å². The molecule has 10 heteroatoms. The van der Waals surface area contributed by atoms with Crippen LogP contribution in [0.5, 0.6) is 23.0 Å². The smallest absolute Gasteiger partial charge is 0.338 e. The van der Waals surface area contributed by atoms with Gasteiger partial charge >= 0.3 is 5.97 Å². The minimum atomic E-state index is -0.623. The van der Waals surface area contributed by atoms with E-state index in [4.69, 9.17) is 39.8 Å². The predicted molar refractivity (Wildman–Crippen MR) is 120 cm³/mol. The van der Waals surface area contributed by atoms with Gasteiger partial charge in [-0.2, -0.15) is 4.98 Å². The second-order valence-corrected chi connectivity index (χ2v) is 7.13. The molecule has 0 saturated carbocycles. The molecule has 1 heterocycles. The summed E-state index contributed by atoms with van der Waals surface area (Å²) < 4.78 is 32.3. The summed E-state index contributed by atoms with van der Waals surface area (Å²) in [6.07, 6.45) is 0.806. The van der Waals surface area contributed by atoms with E-state index in [1.165, 1.54) is 19.2 Å². The molecule has 0 aliphatic rings. The number of hydrogen-bond acceptors (Lipinski definition) is 9. The van der Waals surface area contributed by atoms with Crippen LogP contribution in [0.4, 0.5) is 0 Å². The number of aromatic nitrogens is 2. The average Bonchev–Trinajstić information content (AvgIpc) is 3.30. The molecule has 3 rings (SSSR count). The maximum Gasteiger partial charge on any atom is 0.338 e. The minimum Gasteiger partial charge on any atom is -0.497 e. The van der Waals surface area contributed by atoms with Crippen LogP contribution < -0.4 is 18.9 Å². The molecular formula is C23H25ClN2O7. The standard InChI is InChI=1S/C23H25ClN2O7/c1-5-9-31-21-17(24)10-14(11-19(21)30-6-2)23(27)32-13-20-25-22(26-33-20)16-8-7-15(28-3)12-18(16)29-4/h7-8,10-12H,5-6,9,13H2,1-4H3. The van der Waals surface area contributed by atoms with Crippen LogP contribution in [0, 0.1) is 0 Å². The van der Waals surface area contributed by atoms with Crippen LogP contribution in [0.2, 0.25) is 5.02 Å². The van der Waals surface area contributed by atoms with Crippen LogP contribution in [-0.4, -0.2) is 43.5 Å². The molecule has 0 fully saturated rings. The number of esters is 1. The highest BCUT2D eigenvalue weighted by Gasteiger charge is 2.19. The van der Waals surface area contributed by atoms with Crippen molar-refractivity contribution in [2.24, 2.45) is 0 Å². The normalized spacial score (nSPS) is 10.6. The van der Waals surface area contributed by atoms with Gasteiger partial charge < -0.3 is 28.2 Å². The fourth-order valence-corrected chi connectivity index (χ4v) is 3.17. The van der Waals surface area contributed by atoms with Crippen LogP contribution >= 0.6 is 11.6 Å². The number of hydrogen-bond donors (Lipinski definition) is 0. The monoisotopic (exact) mass is 476 g/mol. The molecule has 0 aliphatic heterocycles. The minimum absolute atomic E-state index is 0.121. The quantitative estimate of drug-likeness (QED) is 0.355. The van der Waals surface area contributed by atoms with E-state index >= 15 is 0 Å². The third-order valence-electron chi connectivity index (χ3n) is 4.44. The van der Waals surface area contributed by atoms with Gasteiger partial charge in [-0.1, -0.05) is 23.7 Å². The zero-order chi connectivity index (χ0) is 23.8. The first-order valence-electron chi connectivity index (χ1n) is 10.3. The van der Waals surface area contributed by atoms with E-state index in [2.05, 4.69) is 10.1 Å². The Labute approximate surface area is 196 Å². The molecule has 176 valence electrons. The maximum absolute atomic E-state index is 12.6. The Balaban J connectivity index is 1.72. The molecule has 0 radical (unpaired) electrons. The van der Waals surface area contributed by atoms with E-state index in [1.807, 2.05) is 13.8 Å². The molecule has 0 saturated heterocycles. The summed E-state index contributed by atoms with van der Waals surface area (Å²) in [4.78, 5) is 16.9. The fourth-order valence-electron chi connectivity index (χ4n) is 2.91. The molecule has 0 atom stereocenters. The number of methoxy groups -OCH3 is 2. The number of nitrogens with zero attached hydrogens (tertiary/aromatic N) is 2. The number of ether oxygens (including phenoxy) is 5. The zero-order valence-electron chi connectivity index (χ0n) is 18.8. The Hall–Kier alpha value is -3.46. The molecule has 2 aromatic carbocycles. The SMILES string of the molecule is CCCOc1c(Cl)cc(C(=O)OCc2nc(-c3ccc(OC)cc3OC)no2)cc1OCC. The van der Waals surface area contributed by atoms with Crippen molar-refractivity contribution in [3.05, 3.63) is 46.8 Å². The Bertz CT molecular complexity index is 1100. The van der Waals surface area contributed by atoms with Crippen molar-refractivity contribution in [1.29, 1.82) is 0 Å². The Morgan fingerprint density at radius 1 is 1.06 bits per heavy atom. The molecule has 0 N–H and O–H groups in total. The van der Waals surface area contributed by atoms with Gasteiger partial charge in [0.25, 0.3) is 5.89 Å². The molecule has 0 unspecified atom stereocenters. The van der Waals surface area contributed by atoms with Crippen LogP contribution in [0.25, 0.3) is 11.4 Å². The number of benzene rings is 2. The highest BCUT2D eigenvalue weighted by Crippen LogP contribution is 2.37. The van der Waals surface area contributed by atoms with E-state index in [-0.39, 0.29) is 23.1 Å². The third kappa shape index (κ3) is 5.87. The molecular weight excluding hydrogens is 452 g/mol. The fraction of sp³-hybridized carbons (Fsp3) is 0.348. The van der Waals surface area contributed by atoms with E-state index < -0.39 is 5.97 Å². The second kappa shape index (κ2) is 11.4. The van der Waals surface area contributed by atoms with Gasteiger partial charge in [-0.25, -0.2) is 4.79 Å². The first kappa shape index (κ1) is 24.2. The van der Waals surface area contributed by atoms with Crippen molar-refractivity contribution in [2.75, 3.05) is 27.4 Å². The highest BCUT2D eigenvalue weighted by atomic mass is 35.5. The van der Waals surface area contributed by atoms with Crippen LogP contribution in [-0.2, 0) is 11.3 Å². The summed E-state index contributed by atoms with van der Waals surface area (Å²) >= 11 is 6.31. The van der Waals surface area contributed by atoms with Crippen molar-refractivity contribution in [1.82, 2.24) is 10.1 Å². The third-order valence-corrected chi connectivity index (χ3v) is 4.72. The molecule has 33 heavy (non-hydrogen) atoms. The lowest BCUT2D eigenvalue weighted by Crippen LogP contribution is -2.08. The van der Waals surface area contributed by atoms with Gasteiger partial charge in [0, 0.05) is 6.07 Å². The molecule has 0 aliphatic carbocycles. The van der Waals surface area contributed by atoms with Crippen molar-refractivity contribution < 1.29 is 33.0 Å². The molecule has 0 amide bonds. The van der Waals surface area contributed by atoms with Gasteiger partial charge in [0.05, 0.1) is 43.6 Å². The molecule has 0 spiro atoms. The van der Waals surface area contributed by atoms with Crippen molar-refractivity contribution in [3.63, 3.8) is 0 Å². The molecule has 9 nitrogen and oxygen atoms in total. The van der Waals surface area contributed by atoms with Crippen molar-refractivity contribution in [3.8, 4) is 34.4 Å². The number of carbonyl (C=O) groups excluding carboxylic acids is 1. The summed E-state index contributed by atoms with van der Waals surface area (Å²) in [5, 5.41) is 4.20. The van der Waals surface area contributed by atoms with Crippen LogP contribution in [0.3, 0.4) is 0 Å². The summed E-state index contributed by atoms with van der Waals surface area (Å²) in [5.74, 6) is 1.70. The van der Waals surface area contributed by atoms with Gasteiger partial charge in [0.15, 0.2) is 18.1 Å². The summed E-state index contributed by atoms with van der Waals surface area (Å²) in [7, 11) is 3.09. The number of halogens is 1. The first-order valence-corrected chi connectivity index (χ1v) is 10.7. The molecule has 0 bridgehead atoms.